The summed E-state index contributed by atoms with van der Waals surface area (Å²) < 4.78 is 4.65. The van der Waals surface area contributed by atoms with Crippen LogP contribution >= 0.6 is 0 Å². The average Bonchev–Trinajstić information content (AvgIpc) is 3.06. The number of ether oxygens (including phenoxy) is 1. The Kier molecular flexibility index (Phi) is 4.82. The van der Waals surface area contributed by atoms with E-state index in [0.717, 1.165) is 17.7 Å². The minimum Gasteiger partial charge on any atom is -0.454 e. The van der Waals surface area contributed by atoms with Gasteiger partial charge in [-0.1, -0.05) is 12.8 Å². The average molecular weight is 326 g/mol. The van der Waals surface area contributed by atoms with E-state index in [2.05, 4.69) is 15.4 Å². The van der Waals surface area contributed by atoms with Crippen LogP contribution < -0.4 is 16.0 Å². The molecule has 0 atom stereocenters. The molecule has 0 bridgehead atoms. The monoisotopic (exact) mass is 326 g/mol. The summed E-state index contributed by atoms with van der Waals surface area (Å²) in [6, 6.07) is -1.37. The van der Waals surface area contributed by atoms with Crippen molar-refractivity contribution >= 4 is 29.8 Å². The van der Waals surface area contributed by atoms with E-state index < -0.39 is 48.5 Å². The van der Waals surface area contributed by atoms with Gasteiger partial charge in [0.25, 0.3) is 11.8 Å². The van der Waals surface area contributed by atoms with Crippen LogP contribution in [-0.4, -0.2) is 60.5 Å². The zero-order valence-corrected chi connectivity index (χ0v) is 12.6. The van der Waals surface area contributed by atoms with E-state index in [1.807, 2.05) is 5.32 Å². The Balaban J connectivity index is 1.83. The molecule has 1 saturated heterocycles. The van der Waals surface area contributed by atoms with Gasteiger partial charge in [-0.2, -0.15) is 0 Å². The number of nitrogens with one attached hydrogen (secondary N) is 3. The molecule has 2 rings (SSSR count). The molecule has 0 unspecified atom stereocenters. The highest BCUT2D eigenvalue weighted by atomic mass is 16.5. The molecule has 0 aromatic heterocycles. The number of hydrogen-bond acceptors (Lipinski definition) is 6. The van der Waals surface area contributed by atoms with E-state index in [9.17, 15) is 24.0 Å². The SMILES string of the molecule is CNC(=O)NC(=O)COC(=O)CN1C(=O)NC2(CCCC2)C1=O. The van der Waals surface area contributed by atoms with E-state index in [1.165, 1.54) is 7.05 Å². The third-order valence-corrected chi connectivity index (χ3v) is 3.83. The smallest absolute Gasteiger partial charge is 0.326 e. The number of nitrogens with zero attached hydrogens (tertiary/aromatic N) is 1. The highest BCUT2D eigenvalue weighted by Crippen LogP contribution is 2.34. The number of carbonyl (C=O) groups is 5. The highest BCUT2D eigenvalue weighted by Gasteiger charge is 2.52. The van der Waals surface area contributed by atoms with Crippen molar-refractivity contribution in [3.8, 4) is 0 Å². The summed E-state index contributed by atoms with van der Waals surface area (Å²) in [5, 5.41) is 6.70. The van der Waals surface area contributed by atoms with E-state index >= 15 is 0 Å². The normalized spacial score (nSPS) is 18.7. The fourth-order valence-electron chi connectivity index (χ4n) is 2.68. The lowest BCUT2D eigenvalue weighted by Crippen LogP contribution is -2.44. The van der Waals surface area contributed by atoms with Crippen LogP contribution in [0.2, 0.25) is 0 Å². The first-order valence-electron chi connectivity index (χ1n) is 7.19. The van der Waals surface area contributed by atoms with Gasteiger partial charge in [0.15, 0.2) is 6.61 Å². The van der Waals surface area contributed by atoms with Gasteiger partial charge >= 0.3 is 18.0 Å². The molecule has 1 spiro atoms. The van der Waals surface area contributed by atoms with Crippen molar-refractivity contribution in [2.24, 2.45) is 0 Å². The maximum atomic E-state index is 12.3. The lowest BCUT2D eigenvalue weighted by Gasteiger charge is -2.19. The molecule has 2 fully saturated rings. The topological polar surface area (TPSA) is 134 Å². The molecule has 0 radical (unpaired) electrons. The summed E-state index contributed by atoms with van der Waals surface area (Å²) in [6.45, 7) is -1.25. The first-order valence-corrected chi connectivity index (χ1v) is 7.19. The molecule has 1 saturated carbocycles. The van der Waals surface area contributed by atoms with Gasteiger partial charge in [-0.3, -0.25) is 24.6 Å². The zero-order chi connectivity index (χ0) is 17.0. The summed E-state index contributed by atoms with van der Waals surface area (Å²) >= 11 is 0. The molecular formula is C13H18N4O6. The third kappa shape index (κ3) is 3.58. The van der Waals surface area contributed by atoms with Crippen LogP contribution in [-0.2, 0) is 19.1 Å². The molecule has 10 heteroatoms. The van der Waals surface area contributed by atoms with Crippen LogP contribution in [0.15, 0.2) is 0 Å². The standard InChI is InChI=1S/C13H18N4O6/c1-14-11(21)15-8(18)7-23-9(19)6-17-10(20)13(16-12(17)22)4-2-3-5-13/h2-7H2,1H3,(H,16,22)(H2,14,15,18,21). The highest BCUT2D eigenvalue weighted by molar-refractivity contribution is 6.09. The molecule has 1 aliphatic carbocycles. The molecule has 126 valence electrons. The second kappa shape index (κ2) is 6.63. The maximum Gasteiger partial charge on any atom is 0.326 e. The molecule has 1 aliphatic heterocycles. The van der Waals surface area contributed by atoms with Crippen LogP contribution in [0.1, 0.15) is 25.7 Å². The van der Waals surface area contributed by atoms with Gasteiger partial charge in [0.1, 0.15) is 12.1 Å². The molecule has 0 aromatic rings. The van der Waals surface area contributed by atoms with E-state index in [0.29, 0.717) is 12.8 Å². The Bertz CT molecular complexity index is 555. The van der Waals surface area contributed by atoms with Crippen molar-refractivity contribution in [2.75, 3.05) is 20.2 Å². The quantitative estimate of drug-likeness (QED) is 0.441. The van der Waals surface area contributed by atoms with Crippen LogP contribution in [0.4, 0.5) is 9.59 Å². The van der Waals surface area contributed by atoms with Crippen LogP contribution in [0, 0.1) is 0 Å². The molecule has 23 heavy (non-hydrogen) atoms. The number of hydrogen-bond donors (Lipinski definition) is 3. The number of carbonyl (C=O) groups excluding carboxylic acids is 5. The van der Waals surface area contributed by atoms with Gasteiger partial charge in [0, 0.05) is 7.05 Å². The first-order chi connectivity index (χ1) is 10.9. The lowest BCUT2D eigenvalue weighted by atomic mass is 9.98. The minimum atomic E-state index is -0.907. The molecule has 10 nitrogen and oxygen atoms in total. The second-order valence-corrected chi connectivity index (χ2v) is 5.40. The van der Waals surface area contributed by atoms with Gasteiger partial charge in [0.2, 0.25) is 0 Å². The van der Waals surface area contributed by atoms with Crippen molar-refractivity contribution in [1.29, 1.82) is 0 Å². The Hall–Kier alpha value is -2.65. The Morgan fingerprint density at radius 2 is 1.91 bits per heavy atom. The van der Waals surface area contributed by atoms with E-state index in [1.54, 1.807) is 0 Å². The number of esters is 1. The predicted molar refractivity (Wildman–Crippen MR) is 75.0 cm³/mol. The number of amides is 6. The second-order valence-electron chi connectivity index (χ2n) is 5.40. The number of rotatable bonds is 4. The third-order valence-electron chi connectivity index (χ3n) is 3.83. The Labute approximate surface area is 131 Å². The van der Waals surface area contributed by atoms with Crippen molar-refractivity contribution in [2.45, 2.75) is 31.2 Å². The van der Waals surface area contributed by atoms with Crippen molar-refractivity contribution in [1.82, 2.24) is 20.9 Å². The summed E-state index contributed by atoms with van der Waals surface area (Å²) in [4.78, 5) is 58.8. The zero-order valence-electron chi connectivity index (χ0n) is 12.6. The summed E-state index contributed by atoms with van der Waals surface area (Å²) in [6.07, 6.45) is 2.78. The maximum absolute atomic E-state index is 12.3. The molecule has 2 aliphatic rings. The lowest BCUT2D eigenvalue weighted by molar-refractivity contribution is -0.150. The predicted octanol–water partition coefficient (Wildman–Crippen LogP) is -1.15. The largest absolute Gasteiger partial charge is 0.454 e. The van der Waals surface area contributed by atoms with Crippen LogP contribution in [0.3, 0.4) is 0 Å². The molecule has 6 amide bonds. The fourth-order valence-corrected chi connectivity index (χ4v) is 2.68. The molecule has 1 heterocycles. The first kappa shape index (κ1) is 16.7. The van der Waals surface area contributed by atoms with Crippen molar-refractivity contribution in [3.63, 3.8) is 0 Å². The summed E-state index contributed by atoms with van der Waals surface area (Å²) in [7, 11) is 1.32. The fraction of sp³-hybridized carbons (Fsp3) is 0.615. The van der Waals surface area contributed by atoms with E-state index in [-0.39, 0.29) is 0 Å². The van der Waals surface area contributed by atoms with Crippen molar-refractivity contribution in [3.05, 3.63) is 0 Å². The van der Waals surface area contributed by atoms with Gasteiger partial charge in [-0.15, -0.1) is 0 Å². The van der Waals surface area contributed by atoms with Gasteiger partial charge < -0.3 is 15.4 Å². The van der Waals surface area contributed by atoms with Crippen LogP contribution in [0.25, 0.3) is 0 Å². The molecule has 3 N–H and O–H groups in total. The molecular weight excluding hydrogens is 308 g/mol. The van der Waals surface area contributed by atoms with Gasteiger partial charge in [0.05, 0.1) is 0 Å². The van der Waals surface area contributed by atoms with E-state index in [4.69, 9.17) is 0 Å². The Morgan fingerprint density at radius 1 is 1.26 bits per heavy atom. The van der Waals surface area contributed by atoms with Gasteiger partial charge in [-0.25, -0.2) is 9.59 Å². The Morgan fingerprint density at radius 3 is 2.52 bits per heavy atom. The summed E-state index contributed by atoms with van der Waals surface area (Å²) in [5.74, 6) is -2.16. The number of urea groups is 2. The molecule has 0 aromatic carbocycles. The van der Waals surface area contributed by atoms with Gasteiger partial charge in [-0.05, 0) is 12.8 Å². The minimum absolute atomic E-state index is 0.438. The van der Waals surface area contributed by atoms with Crippen molar-refractivity contribution < 1.29 is 28.7 Å². The van der Waals surface area contributed by atoms with Crippen LogP contribution in [0.5, 0.6) is 0 Å². The summed E-state index contributed by atoms with van der Waals surface area (Å²) in [5.41, 5.74) is -0.895. The number of imide groups is 2.